The minimum absolute atomic E-state index is 0.0890. The fourth-order valence-corrected chi connectivity index (χ4v) is 2.72. The van der Waals surface area contributed by atoms with E-state index in [0.29, 0.717) is 29.9 Å². The van der Waals surface area contributed by atoms with E-state index >= 15 is 0 Å². The molecule has 104 valence electrons. The molecule has 1 aromatic rings. The third-order valence-electron chi connectivity index (χ3n) is 3.54. The summed E-state index contributed by atoms with van der Waals surface area (Å²) in [5, 5.41) is 9.25. The molecule has 1 aromatic heterocycles. The molecule has 0 aliphatic heterocycles. The Labute approximate surface area is 113 Å². The van der Waals surface area contributed by atoms with Gasteiger partial charge in [-0.25, -0.2) is 0 Å². The van der Waals surface area contributed by atoms with Gasteiger partial charge in [0.25, 0.3) is 0 Å². The van der Waals surface area contributed by atoms with Gasteiger partial charge in [-0.3, -0.25) is 4.57 Å². The Morgan fingerprint density at radius 3 is 2.79 bits per heavy atom. The molecule has 5 heteroatoms. The highest BCUT2D eigenvalue weighted by molar-refractivity contribution is 5.55. The summed E-state index contributed by atoms with van der Waals surface area (Å²) in [5.41, 5.74) is 7.11. The number of ether oxygens (including phenoxy) is 2. The van der Waals surface area contributed by atoms with Crippen molar-refractivity contribution in [3.05, 3.63) is 11.8 Å². The lowest BCUT2D eigenvalue weighted by molar-refractivity contribution is 0.0853. The molecule has 5 nitrogen and oxygen atoms in total. The van der Waals surface area contributed by atoms with Crippen molar-refractivity contribution in [1.82, 2.24) is 4.57 Å². The molecule has 1 atom stereocenters. The molecule has 19 heavy (non-hydrogen) atoms. The number of methoxy groups -OCH3 is 1. The van der Waals surface area contributed by atoms with Crippen LogP contribution < -0.4 is 10.5 Å². The van der Waals surface area contributed by atoms with E-state index in [4.69, 9.17) is 15.2 Å². The van der Waals surface area contributed by atoms with Crippen LogP contribution in [0.25, 0.3) is 0 Å². The first-order chi connectivity index (χ1) is 9.17. The summed E-state index contributed by atoms with van der Waals surface area (Å²) < 4.78 is 12.9. The van der Waals surface area contributed by atoms with Crippen LogP contribution in [0.1, 0.15) is 44.3 Å². The fraction of sp³-hybridized carbons (Fsp3) is 0.643. The monoisotopic (exact) mass is 263 g/mol. The summed E-state index contributed by atoms with van der Waals surface area (Å²) in [5.74, 6) is 0.619. The van der Waals surface area contributed by atoms with Gasteiger partial charge in [0.05, 0.1) is 12.3 Å². The van der Waals surface area contributed by atoms with Crippen LogP contribution in [0, 0.1) is 11.3 Å². The minimum atomic E-state index is -0.0890. The van der Waals surface area contributed by atoms with Gasteiger partial charge in [0, 0.05) is 19.2 Å². The van der Waals surface area contributed by atoms with Crippen LogP contribution in [0.2, 0.25) is 0 Å². The van der Waals surface area contributed by atoms with Crippen molar-refractivity contribution in [3.63, 3.8) is 0 Å². The molecule has 1 aliphatic rings. The van der Waals surface area contributed by atoms with Crippen molar-refractivity contribution >= 4 is 5.69 Å². The Balaban J connectivity index is 2.30. The average Bonchev–Trinajstić information content (AvgIpc) is 2.98. The first-order valence-corrected chi connectivity index (χ1v) is 6.73. The lowest BCUT2D eigenvalue weighted by Gasteiger charge is -2.21. The van der Waals surface area contributed by atoms with E-state index in [1.54, 1.807) is 13.2 Å². The summed E-state index contributed by atoms with van der Waals surface area (Å²) in [4.78, 5) is 0. The lowest BCUT2D eigenvalue weighted by atomic mass is 10.2. The fourth-order valence-electron chi connectivity index (χ4n) is 2.72. The van der Waals surface area contributed by atoms with Crippen molar-refractivity contribution in [3.8, 4) is 11.9 Å². The maximum atomic E-state index is 9.25. The Kier molecular flexibility index (Phi) is 4.33. The third-order valence-corrected chi connectivity index (χ3v) is 3.54. The Hall–Kier alpha value is -1.67. The van der Waals surface area contributed by atoms with Gasteiger partial charge in [-0.2, -0.15) is 5.26 Å². The van der Waals surface area contributed by atoms with Gasteiger partial charge in [-0.15, -0.1) is 0 Å². The lowest BCUT2D eigenvalue weighted by Crippen LogP contribution is -2.21. The number of rotatable bonds is 5. The molecule has 1 saturated carbocycles. The number of hydrogen-bond acceptors (Lipinski definition) is 4. The molecule has 0 aromatic carbocycles. The van der Waals surface area contributed by atoms with E-state index in [-0.39, 0.29) is 6.10 Å². The van der Waals surface area contributed by atoms with Gasteiger partial charge in [-0.05, 0) is 19.8 Å². The molecule has 1 heterocycles. The SMILES string of the molecule is COCC(C)Oc1c(N)cc(C#N)n1C1CCCC1. The van der Waals surface area contributed by atoms with Gasteiger partial charge in [-0.1, -0.05) is 12.8 Å². The summed E-state index contributed by atoms with van der Waals surface area (Å²) in [6.07, 6.45) is 4.46. The second-order valence-corrected chi connectivity index (χ2v) is 5.09. The van der Waals surface area contributed by atoms with Crippen molar-refractivity contribution < 1.29 is 9.47 Å². The average molecular weight is 263 g/mol. The number of aromatic nitrogens is 1. The summed E-state index contributed by atoms with van der Waals surface area (Å²) >= 11 is 0. The van der Waals surface area contributed by atoms with Crippen LogP contribution in [-0.2, 0) is 4.74 Å². The molecule has 0 spiro atoms. The van der Waals surface area contributed by atoms with Gasteiger partial charge < -0.3 is 15.2 Å². The second-order valence-electron chi connectivity index (χ2n) is 5.09. The molecule has 0 amide bonds. The van der Waals surface area contributed by atoms with Crippen molar-refractivity contribution in [2.75, 3.05) is 19.5 Å². The normalized spacial score (nSPS) is 17.3. The maximum Gasteiger partial charge on any atom is 0.219 e. The molecule has 0 saturated heterocycles. The van der Waals surface area contributed by atoms with Crippen molar-refractivity contribution in [1.29, 1.82) is 5.26 Å². The van der Waals surface area contributed by atoms with Crippen LogP contribution in [0.4, 0.5) is 5.69 Å². The summed E-state index contributed by atoms with van der Waals surface area (Å²) in [6.45, 7) is 2.43. The van der Waals surface area contributed by atoms with E-state index in [0.717, 1.165) is 12.8 Å². The zero-order valence-corrected chi connectivity index (χ0v) is 11.6. The highest BCUT2D eigenvalue weighted by atomic mass is 16.5. The van der Waals surface area contributed by atoms with Crippen molar-refractivity contribution in [2.24, 2.45) is 0 Å². The highest BCUT2D eigenvalue weighted by Crippen LogP contribution is 2.38. The van der Waals surface area contributed by atoms with Crippen molar-refractivity contribution in [2.45, 2.75) is 44.8 Å². The molecule has 1 fully saturated rings. The third kappa shape index (κ3) is 2.85. The molecule has 1 unspecified atom stereocenters. The zero-order valence-electron chi connectivity index (χ0n) is 11.6. The van der Waals surface area contributed by atoms with Crippen LogP contribution in [0.3, 0.4) is 0 Å². The second kappa shape index (κ2) is 5.98. The predicted molar refractivity (Wildman–Crippen MR) is 73.0 cm³/mol. The highest BCUT2D eigenvalue weighted by Gasteiger charge is 2.25. The number of hydrogen-bond donors (Lipinski definition) is 1. The van der Waals surface area contributed by atoms with Crippen LogP contribution >= 0.6 is 0 Å². The number of anilines is 1. The number of nitrogens with zero attached hydrogens (tertiary/aromatic N) is 2. The quantitative estimate of drug-likeness (QED) is 0.885. The van der Waals surface area contributed by atoms with Gasteiger partial charge in [0.1, 0.15) is 17.9 Å². The molecular formula is C14H21N3O2. The first-order valence-electron chi connectivity index (χ1n) is 6.73. The number of nitriles is 1. The van der Waals surface area contributed by atoms with Crippen LogP contribution in [-0.4, -0.2) is 24.4 Å². The van der Waals surface area contributed by atoms with Crippen LogP contribution in [0.15, 0.2) is 6.07 Å². The largest absolute Gasteiger partial charge is 0.472 e. The first kappa shape index (κ1) is 13.8. The Bertz CT molecular complexity index is 470. The van der Waals surface area contributed by atoms with E-state index in [1.807, 2.05) is 11.5 Å². The van der Waals surface area contributed by atoms with Gasteiger partial charge >= 0.3 is 0 Å². The standard InChI is InChI=1S/C14H21N3O2/c1-10(9-18-2)19-14-13(16)7-12(8-15)17(14)11-5-3-4-6-11/h7,10-11H,3-6,9,16H2,1-2H3. The van der Waals surface area contributed by atoms with E-state index in [9.17, 15) is 5.26 Å². The van der Waals surface area contributed by atoms with E-state index in [1.165, 1.54) is 12.8 Å². The molecule has 2 rings (SSSR count). The van der Waals surface area contributed by atoms with Crippen LogP contribution in [0.5, 0.6) is 5.88 Å². The zero-order chi connectivity index (χ0) is 13.8. The molecule has 0 radical (unpaired) electrons. The Morgan fingerprint density at radius 1 is 1.53 bits per heavy atom. The summed E-state index contributed by atoms with van der Waals surface area (Å²) in [6, 6.07) is 4.24. The number of nitrogens with two attached hydrogens (primary N) is 1. The summed E-state index contributed by atoms with van der Waals surface area (Å²) in [7, 11) is 1.64. The molecular weight excluding hydrogens is 242 g/mol. The molecule has 2 N–H and O–H groups in total. The van der Waals surface area contributed by atoms with E-state index < -0.39 is 0 Å². The topological polar surface area (TPSA) is 73.2 Å². The van der Waals surface area contributed by atoms with E-state index in [2.05, 4.69) is 6.07 Å². The smallest absolute Gasteiger partial charge is 0.219 e. The van der Waals surface area contributed by atoms with Gasteiger partial charge in [0.2, 0.25) is 5.88 Å². The molecule has 0 bridgehead atoms. The minimum Gasteiger partial charge on any atom is -0.472 e. The Morgan fingerprint density at radius 2 is 2.21 bits per heavy atom. The number of nitrogen functional groups attached to an aromatic ring is 1. The molecule has 1 aliphatic carbocycles. The predicted octanol–water partition coefficient (Wildman–Crippen LogP) is 2.47. The maximum absolute atomic E-state index is 9.25. The van der Waals surface area contributed by atoms with Gasteiger partial charge in [0.15, 0.2) is 0 Å².